The first-order valence-corrected chi connectivity index (χ1v) is 6.77. The second-order valence-corrected chi connectivity index (χ2v) is 4.75. The molecule has 0 saturated carbocycles. The van der Waals surface area contributed by atoms with Crippen LogP contribution in [0.1, 0.15) is 19.3 Å². The van der Waals surface area contributed by atoms with Crippen molar-refractivity contribution < 1.29 is 9.53 Å². The third-order valence-electron chi connectivity index (χ3n) is 2.50. The van der Waals surface area contributed by atoms with E-state index in [9.17, 15) is 4.79 Å². The van der Waals surface area contributed by atoms with Crippen molar-refractivity contribution in [3.05, 3.63) is 0 Å². The second-order valence-electron chi connectivity index (χ2n) is 3.77. The Morgan fingerprint density at radius 2 is 2.44 bits per heavy atom. The van der Waals surface area contributed by atoms with Crippen LogP contribution in [0.5, 0.6) is 0 Å². The molecule has 1 saturated heterocycles. The molecule has 0 aromatic heterocycles. The van der Waals surface area contributed by atoms with Crippen molar-refractivity contribution in [3.8, 4) is 0 Å². The molecule has 0 radical (unpaired) electrons. The molecule has 96 valence electrons. The normalized spacial score (nSPS) is 21.2. The van der Waals surface area contributed by atoms with E-state index in [4.69, 9.17) is 10.5 Å². The van der Waals surface area contributed by atoms with Crippen molar-refractivity contribution in [1.29, 1.82) is 0 Å². The Balaban J connectivity index is 0.00000225. The van der Waals surface area contributed by atoms with Gasteiger partial charge in [-0.05, 0) is 31.3 Å². The van der Waals surface area contributed by atoms with E-state index >= 15 is 0 Å². The Morgan fingerprint density at radius 1 is 1.69 bits per heavy atom. The fraction of sp³-hybridized carbons (Fsp3) is 0.900. The quantitative estimate of drug-likeness (QED) is 0.747. The summed E-state index contributed by atoms with van der Waals surface area (Å²) in [5.74, 6) is 0.869. The van der Waals surface area contributed by atoms with Gasteiger partial charge in [-0.25, -0.2) is 0 Å². The molecule has 16 heavy (non-hydrogen) atoms. The minimum atomic E-state index is -0.376. The summed E-state index contributed by atoms with van der Waals surface area (Å²) in [7, 11) is 0. The monoisotopic (exact) mass is 268 g/mol. The molecule has 2 atom stereocenters. The summed E-state index contributed by atoms with van der Waals surface area (Å²) in [6.45, 7) is 1.42. The molecule has 6 heteroatoms. The Hall–Kier alpha value is 0.0300. The number of thioether (sulfide) groups is 1. The van der Waals surface area contributed by atoms with Crippen LogP contribution in [-0.4, -0.2) is 43.2 Å². The molecule has 3 N–H and O–H groups in total. The maximum Gasteiger partial charge on any atom is 0.237 e. The minimum absolute atomic E-state index is 0. The van der Waals surface area contributed by atoms with Gasteiger partial charge in [-0.1, -0.05) is 0 Å². The number of hydrogen-bond donors (Lipinski definition) is 2. The maximum absolute atomic E-state index is 11.5. The molecule has 1 fully saturated rings. The van der Waals surface area contributed by atoms with Gasteiger partial charge in [0.25, 0.3) is 0 Å². The number of halogens is 1. The van der Waals surface area contributed by atoms with Gasteiger partial charge in [0, 0.05) is 13.2 Å². The van der Waals surface area contributed by atoms with E-state index in [-0.39, 0.29) is 30.5 Å². The van der Waals surface area contributed by atoms with Crippen molar-refractivity contribution >= 4 is 30.1 Å². The third-order valence-corrected chi connectivity index (χ3v) is 3.14. The SMILES string of the molecule is CSCC[C@H](N)C(=O)NCC1CCCO1.Cl. The van der Waals surface area contributed by atoms with Crippen LogP contribution >= 0.6 is 24.2 Å². The van der Waals surface area contributed by atoms with Crippen LogP contribution in [0, 0.1) is 0 Å². The van der Waals surface area contributed by atoms with E-state index in [0.717, 1.165) is 31.6 Å². The highest BCUT2D eigenvalue weighted by Crippen LogP contribution is 2.10. The van der Waals surface area contributed by atoms with Gasteiger partial charge in [-0.15, -0.1) is 12.4 Å². The van der Waals surface area contributed by atoms with Gasteiger partial charge >= 0.3 is 0 Å². The summed E-state index contributed by atoms with van der Waals surface area (Å²) in [5, 5.41) is 2.84. The molecule has 0 bridgehead atoms. The highest BCUT2D eigenvalue weighted by Gasteiger charge is 2.18. The van der Waals surface area contributed by atoms with Gasteiger partial charge in [0.2, 0.25) is 5.91 Å². The first kappa shape index (κ1) is 16.0. The summed E-state index contributed by atoms with van der Waals surface area (Å²) in [6, 6.07) is -0.376. The Bertz CT molecular complexity index is 201. The van der Waals surface area contributed by atoms with E-state index in [1.54, 1.807) is 11.8 Å². The lowest BCUT2D eigenvalue weighted by Crippen LogP contribution is -2.43. The molecular weight excluding hydrogens is 248 g/mol. The number of nitrogens with one attached hydrogen (secondary N) is 1. The maximum atomic E-state index is 11.5. The molecule has 1 amide bonds. The van der Waals surface area contributed by atoms with Crippen LogP contribution in [0.4, 0.5) is 0 Å². The van der Waals surface area contributed by atoms with Crippen LogP contribution in [0.2, 0.25) is 0 Å². The first-order chi connectivity index (χ1) is 7.24. The van der Waals surface area contributed by atoms with Gasteiger partial charge in [0.15, 0.2) is 0 Å². The molecule has 4 nitrogen and oxygen atoms in total. The molecule has 1 unspecified atom stereocenters. The summed E-state index contributed by atoms with van der Waals surface area (Å²) < 4.78 is 5.40. The van der Waals surface area contributed by atoms with E-state index in [2.05, 4.69) is 5.32 Å². The summed E-state index contributed by atoms with van der Waals surface area (Å²) in [4.78, 5) is 11.5. The van der Waals surface area contributed by atoms with Gasteiger partial charge in [0.1, 0.15) is 0 Å². The standard InChI is InChI=1S/C10H20N2O2S.ClH/c1-15-6-4-9(11)10(13)12-7-8-3-2-5-14-8;/h8-9H,2-7,11H2,1H3,(H,12,13);1H/t8?,9-;/m0./s1. The van der Waals surface area contributed by atoms with E-state index in [1.807, 2.05) is 6.26 Å². The van der Waals surface area contributed by atoms with Gasteiger partial charge in [-0.3, -0.25) is 4.79 Å². The van der Waals surface area contributed by atoms with Crippen LogP contribution in [-0.2, 0) is 9.53 Å². The predicted molar refractivity (Wildman–Crippen MR) is 70.2 cm³/mol. The number of nitrogens with two attached hydrogens (primary N) is 1. The highest BCUT2D eigenvalue weighted by molar-refractivity contribution is 7.98. The predicted octanol–water partition coefficient (Wildman–Crippen LogP) is 0.784. The van der Waals surface area contributed by atoms with Crippen molar-refractivity contribution in [2.45, 2.75) is 31.4 Å². The second kappa shape index (κ2) is 9.10. The van der Waals surface area contributed by atoms with Gasteiger partial charge < -0.3 is 15.8 Å². The number of hydrogen-bond acceptors (Lipinski definition) is 4. The lowest BCUT2D eigenvalue weighted by Gasteiger charge is -2.14. The van der Waals surface area contributed by atoms with Crippen molar-refractivity contribution in [3.63, 3.8) is 0 Å². The molecule has 1 aliphatic heterocycles. The highest BCUT2D eigenvalue weighted by atomic mass is 35.5. The third kappa shape index (κ3) is 5.94. The number of rotatable bonds is 6. The lowest BCUT2D eigenvalue weighted by molar-refractivity contribution is -0.122. The number of carbonyl (C=O) groups is 1. The molecule has 0 aliphatic carbocycles. The van der Waals surface area contributed by atoms with Crippen molar-refractivity contribution in [1.82, 2.24) is 5.32 Å². The lowest BCUT2D eigenvalue weighted by atomic mass is 10.2. The minimum Gasteiger partial charge on any atom is -0.376 e. The first-order valence-electron chi connectivity index (χ1n) is 5.38. The Kier molecular flexibility index (Phi) is 9.12. The molecule has 1 heterocycles. The average molecular weight is 269 g/mol. The number of amides is 1. The van der Waals surface area contributed by atoms with Crippen LogP contribution in [0.25, 0.3) is 0 Å². The van der Waals surface area contributed by atoms with Crippen LogP contribution in [0.3, 0.4) is 0 Å². The number of carbonyl (C=O) groups excluding carboxylic acids is 1. The zero-order valence-corrected chi connectivity index (χ0v) is 11.2. The van der Waals surface area contributed by atoms with E-state index < -0.39 is 0 Å². The Labute approximate surface area is 107 Å². The molecule has 0 aromatic carbocycles. The van der Waals surface area contributed by atoms with Gasteiger partial charge in [0.05, 0.1) is 12.1 Å². The van der Waals surface area contributed by atoms with Crippen LogP contribution in [0.15, 0.2) is 0 Å². The largest absolute Gasteiger partial charge is 0.376 e. The zero-order valence-electron chi connectivity index (χ0n) is 9.61. The fourth-order valence-electron chi connectivity index (χ4n) is 1.53. The summed E-state index contributed by atoms with van der Waals surface area (Å²) in [6.07, 6.45) is 5.08. The molecule has 0 aromatic rings. The molecule has 0 spiro atoms. The smallest absolute Gasteiger partial charge is 0.237 e. The van der Waals surface area contributed by atoms with Gasteiger partial charge in [-0.2, -0.15) is 11.8 Å². The molecule has 1 aliphatic rings. The van der Waals surface area contributed by atoms with E-state index in [0.29, 0.717) is 6.54 Å². The van der Waals surface area contributed by atoms with Crippen LogP contribution < -0.4 is 11.1 Å². The topological polar surface area (TPSA) is 64.4 Å². The molecule has 1 rings (SSSR count). The number of ether oxygens (including phenoxy) is 1. The average Bonchev–Trinajstić information content (AvgIpc) is 2.75. The fourth-order valence-corrected chi connectivity index (χ4v) is 2.02. The molecular formula is C10H21ClN2O2S. The summed E-state index contributed by atoms with van der Waals surface area (Å²) >= 11 is 1.71. The zero-order chi connectivity index (χ0) is 11.1. The Morgan fingerprint density at radius 3 is 3.00 bits per heavy atom. The van der Waals surface area contributed by atoms with Crippen molar-refractivity contribution in [2.75, 3.05) is 25.2 Å². The van der Waals surface area contributed by atoms with E-state index in [1.165, 1.54) is 0 Å². The summed E-state index contributed by atoms with van der Waals surface area (Å²) in [5.41, 5.74) is 5.72. The van der Waals surface area contributed by atoms with Crippen molar-refractivity contribution in [2.24, 2.45) is 5.73 Å².